The van der Waals surface area contributed by atoms with Crippen LogP contribution in [0.3, 0.4) is 0 Å². The zero-order valence-electron chi connectivity index (χ0n) is 10.4. The van der Waals surface area contributed by atoms with Gasteiger partial charge in [-0.25, -0.2) is 0 Å². The van der Waals surface area contributed by atoms with Gasteiger partial charge in [-0.1, -0.05) is 6.07 Å². The van der Waals surface area contributed by atoms with E-state index in [9.17, 15) is 0 Å². The Balaban J connectivity index is 2.08. The number of nitrogens with one attached hydrogen (secondary N) is 1. The average Bonchev–Trinajstić information content (AvgIpc) is 2.66. The molecule has 1 heterocycles. The van der Waals surface area contributed by atoms with Crippen LogP contribution in [0.2, 0.25) is 0 Å². The molecule has 1 unspecified atom stereocenters. The van der Waals surface area contributed by atoms with E-state index in [-0.39, 0.29) is 6.04 Å². The van der Waals surface area contributed by atoms with Crippen LogP contribution in [0.1, 0.15) is 36.6 Å². The first-order valence-electron chi connectivity index (χ1n) is 6.62. The first-order chi connectivity index (χ1) is 8.24. The Hall–Kier alpha value is -1.28. The molecule has 0 amide bonds. The third-order valence-electron chi connectivity index (χ3n) is 3.72. The van der Waals surface area contributed by atoms with Crippen LogP contribution in [0.25, 0.3) is 10.9 Å². The number of H-pyrrole nitrogens is 1. The molecule has 2 nitrogen and oxygen atoms in total. The van der Waals surface area contributed by atoms with Crippen LogP contribution < -0.4 is 5.73 Å². The number of hydrogen-bond donors (Lipinski definition) is 2. The summed E-state index contributed by atoms with van der Waals surface area (Å²) in [6.45, 7) is 2.07. The summed E-state index contributed by atoms with van der Waals surface area (Å²) in [6, 6.07) is 6.99. The Morgan fingerprint density at radius 3 is 2.94 bits per heavy atom. The van der Waals surface area contributed by atoms with Crippen LogP contribution in [0.5, 0.6) is 0 Å². The Labute approximate surface area is 102 Å². The van der Waals surface area contributed by atoms with Crippen LogP contribution in [-0.2, 0) is 19.3 Å². The van der Waals surface area contributed by atoms with Crippen molar-refractivity contribution in [1.82, 2.24) is 4.98 Å². The molecule has 0 aliphatic heterocycles. The zero-order chi connectivity index (χ0) is 11.8. The number of aryl methyl sites for hydroxylation is 2. The molecule has 0 spiro atoms. The molecule has 90 valence electrons. The van der Waals surface area contributed by atoms with E-state index >= 15 is 0 Å². The molecule has 0 saturated carbocycles. The monoisotopic (exact) mass is 228 g/mol. The van der Waals surface area contributed by atoms with Crippen LogP contribution in [-0.4, -0.2) is 11.0 Å². The van der Waals surface area contributed by atoms with E-state index in [1.807, 2.05) is 0 Å². The Bertz CT molecular complexity index is 537. The maximum absolute atomic E-state index is 5.87. The summed E-state index contributed by atoms with van der Waals surface area (Å²) in [5.41, 5.74) is 11.5. The predicted molar refractivity (Wildman–Crippen MR) is 72.3 cm³/mol. The molecule has 3 N–H and O–H groups in total. The van der Waals surface area contributed by atoms with Crippen LogP contribution in [0, 0.1) is 0 Å². The minimum absolute atomic E-state index is 0.238. The highest BCUT2D eigenvalue weighted by molar-refractivity contribution is 5.85. The van der Waals surface area contributed by atoms with Gasteiger partial charge < -0.3 is 10.7 Å². The van der Waals surface area contributed by atoms with Crippen molar-refractivity contribution in [2.45, 2.75) is 45.1 Å². The van der Waals surface area contributed by atoms with Crippen molar-refractivity contribution >= 4 is 10.9 Å². The van der Waals surface area contributed by atoms with E-state index < -0.39 is 0 Å². The lowest BCUT2D eigenvalue weighted by Crippen LogP contribution is -2.17. The number of fused-ring (bicyclic) bond motifs is 3. The average molecular weight is 228 g/mol. The largest absolute Gasteiger partial charge is 0.358 e. The van der Waals surface area contributed by atoms with Crippen LogP contribution in [0.15, 0.2) is 18.2 Å². The van der Waals surface area contributed by atoms with Crippen LogP contribution >= 0.6 is 0 Å². The molecular weight excluding hydrogens is 208 g/mol. The third kappa shape index (κ3) is 1.98. The van der Waals surface area contributed by atoms with Crippen molar-refractivity contribution < 1.29 is 0 Å². The van der Waals surface area contributed by atoms with Crippen molar-refractivity contribution in [2.24, 2.45) is 5.73 Å². The summed E-state index contributed by atoms with van der Waals surface area (Å²) >= 11 is 0. The lowest BCUT2D eigenvalue weighted by molar-refractivity contribution is 0.680. The molecule has 1 atom stereocenters. The van der Waals surface area contributed by atoms with Gasteiger partial charge in [0, 0.05) is 22.6 Å². The van der Waals surface area contributed by atoms with E-state index in [1.165, 1.54) is 47.8 Å². The smallest absolute Gasteiger partial charge is 0.0459 e. The van der Waals surface area contributed by atoms with Gasteiger partial charge in [-0.05, 0) is 62.3 Å². The van der Waals surface area contributed by atoms with Gasteiger partial charge in [0.1, 0.15) is 0 Å². The van der Waals surface area contributed by atoms with Gasteiger partial charge >= 0.3 is 0 Å². The van der Waals surface area contributed by atoms with Crippen LogP contribution in [0.4, 0.5) is 0 Å². The van der Waals surface area contributed by atoms with Gasteiger partial charge in [0.2, 0.25) is 0 Å². The number of hydrogen-bond acceptors (Lipinski definition) is 1. The fourth-order valence-corrected chi connectivity index (χ4v) is 2.95. The summed E-state index contributed by atoms with van der Waals surface area (Å²) in [6.07, 6.45) is 6.07. The van der Waals surface area contributed by atoms with E-state index in [1.54, 1.807) is 5.56 Å². The molecule has 3 rings (SSSR count). The summed E-state index contributed by atoms with van der Waals surface area (Å²) < 4.78 is 0. The maximum atomic E-state index is 5.87. The highest BCUT2D eigenvalue weighted by Crippen LogP contribution is 2.29. The van der Waals surface area contributed by atoms with Crippen molar-refractivity contribution in [3.63, 3.8) is 0 Å². The zero-order valence-corrected chi connectivity index (χ0v) is 10.4. The second-order valence-corrected chi connectivity index (χ2v) is 5.35. The highest BCUT2D eigenvalue weighted by Gasteiger charge is 2.15. The molecule has 17 heavy (non-hydrogen) atoms. The molecule has 2 aromatic rings. The Kier molecular flexibility index (Phi) is 2.67. The SMILES string of the molecule is CC(N)Cc1ccc2[nH]c3c(c2c1)CCCC3. The minimum atomic E-state index is 0.238. The summed E-state index contributed by atoms with van der Waals surface area (Å²) in [4.78, 5) is 3.57. The van der Waals surface area contributed by atoms with Crippen molar-refractivity contribution in [3.8, 4) is 0 Å². The fraction of sp³-hybridized carbons (Fsp3) is 0.467. The minimum Gasteiger partial charge on any atom is -0.358 e. The maximum Gasteiger partial charge on any atom is 0.0459 e. The van der Waals surface area contributed by atoms with Crippen molar-refractivity contribution in [2.75, 3.05) is 0 Å². The molecular formula is C15H20N2. The molecule has 0 radical (unpaired) electrons. The van der Waals surface area contributed by atoms with Gasteiger partial charge in [-0.3, -0.25) is 0 Å². The molecule has 0 bridgehead atoms. The van der Waals surface area contributed by atoms with E-state index in [0.717, 1.165) is 6.42 Å². The molecule has 1 aliphatic rings. The van der Waals surface area contributed by atoms with Crippen molar-refractivity contribution in [1.29, 1.82) is 0 Å². The fourth-order valence-electron chi connectivity index (χ4n) is 2.95. The Morgan fingerprint density at radius 2 is 2.12 bits per heavy atom. The normalized spacial score (nSPS) is 17.1. The van der Waals surface area contributed by atoms with Crippen molar-refractivity contribution in [3.05, 3.63) is 35.0 Å². The predicted octanol–water partition coefficient (Wildman–Crippen LogP) is 2.94. The lowest BCUT2D eigenvalue weighted by atomic mass is 9.94. The summed E-state index contributed by atoms with van der Waals surface area (Å²) in [7, 11) is 0. The third-order valence-corrected chi connectivity index (χ3v) is 3.72. The molecule has 0 saturated heterocycles. The molecule has 1 aromatic carbocycles. The number of aromatic nitrogens is 1. The van der Waals surface area contributed by atoms with Gasteiger partial charge in [0.15, 0.2) is 0 Å². The lowest BCUT2D eigenvalue weighted by Gasteiger charge is -2.11. The van der Waals surface area contributed by atoms with E-state index in [4.69, 9.17) is 5.73 Å². The number of rotatable bonds is 2. The van der Waals surface area contributed by atoms with Gasteiger partial charge in [-0.2, -0.15) is 0 Å². The second-order valence-electron chi connectivity index (χ2n) is 5.35. The standard InChI is InChI=1S/C15H20N2/c1-10(16)8-11-6-7-15-13(9-11)12-4-2-3-5-14(12)17-15/h6-7,9-10,17H,2-5,8,16H2,1H3. The summed E-state index contributed by atoms with van der Waals surface area (Å²) in [5.74, 6) is 0. The molecule has 1 aromatic heterocycles. The molecule has 0 fully saturated rings. The molecule has 1 aliphatic carbocycles. The topological polar surface area (TPSA) is 41.8 Å². The van der Waals surface area contributed by atoms with Gasteiger partial charge in [0.25, 0.3) is 0 Å². The quantitative estimate of drug-likeness (QED) is 0.815. The van der Waals surface area contributed by atoms with E-state index in [0.29, 0.717) is 0 Å². The number of benzene rings is 1. The van der Waals surface area contributed by atoms with E-state index in [2.05, 4.69) is 30.1 Å². The summed E-state index contributed by atoms with van der Waals surface area (Å²) in [5, 5.41) is 1.43. The second kappa shape index (κ2) is 4.19. The van der Waals surface area contributed by atoms with Gasteiger partial charge in [0.05, 0.1) is 0 Å². The first-order valence-corrected chi connectivity index (χ1v) is 6.62. The highest BCUT2D eigenvalue weighted by atomic mass is 14.7. The number of nitrogens with two attached hydrogens (primary N) is 1. The van der Waals surface area contributed by atoms with Gasteiger partial charge in [-0.15, -0.1) is 0 Å². The Morgan fingerprint density at radius 1 is 1.29 bits per heavy atom. The molecule has 2 heteroatoms. The first kappa shape index (κ1) is 10.8. The number of aromatic amines is 1.